The second-order valence-electron chi connectivity index (χ2n) is 7.97. The van der Waals surface area contributed by atoms with E-state index in [1.807, 2.05) is 25.6 Å². The molecule has 5 rings (SSSR count). The van der Waals surface area contributed by atoms with Gasteiger partial charge in [-0.15, -0.1) is 0 Å². The Kier molecular flexibility index (Phi) is 4.77. The number of carbonyl (C=O) groups excluding carboxylic acids is 1. The van der Waals surface area contributed by atoms with Crippen molar-refractivity contribution < 1.29 is 9.53 Å². The number of hydrogen-bond acceptors (Lipinski definition) is 5. The maximum absolute atomic E-state index is 12.6. The highest BCUT2D eigenvalue weighted by Gasteiger charge is 2.37. The lowest BCUT2D eigenvalue weighted by Gasteiger charge is -2.38. The number of amides is 1. The maximum atomic E-state index is 12.6. The number of aryl methyl sites for hydroxylation is 1. The van der Waals surface area contributed by atoms with Gasteiger partial charge in [0.1, 0.15) is 6.10 Å². The van der Waals surface area contributed by atoms with Crippen LogP contribution in [0.5, 0.6) is 0 Å². The van der Waals surface area contributed by atoms with E-state index in [0.717, 1.165) is 53.5 Å². The zero-order valence-electron chi connectivity index (χ0n) is 16.5. The Labute approximate surface area is 169 Å². The van der Waals surface area contributed by atoms with E-state index in [-0.39, 0.29) is 24.0 Å². The zero-order chi connectivity index (χ0) is 19.8. The van der Waals surface area contributed by atoms with Gasteiger partial charge in [-0.3, -0.25) is 14.5 Å². The predicted octanol–water partition coefficient (Wildman–Crippen LogP) is 2.19. The van der Waals surface area contributed by atoms with Gasteiger partial charge in [-0.2, -0.15) is 5.10 Å². The molecule has 150 valence electrons. The fraction of sp³-hybridized carbons (Fsp3) is 0.409. The molecule has 7 nitrogen and oxygen atoms in total. The minimum atomic E-state index is -0.188. The Morgan fingerprint density at radius 2 is 2.03 bits per heavy atom. The van der Waals surface area contributed by atoms with Crippen molar-refractivity contribution in [1.82, 2.24) is 25.4 Å². The van der Waals surface area contributed by atoms with Gasteiger partial charge in [0.15, 0.2) is 0 Å². The molecule has 2 aliphatic rings. The fourth-order valence-electron chi connectivity index (χ4n) is 4.15. The maximum Gasteiger partial charge on any atom is 0.223 e. The lowest BCUT2D eigenvalue weighted by atomic mass is 9.95. The molecule has 4 heterocycles. The van der Waals surface area contributed by atoms with Crippen LogP contribution < -0.4 is 10.6 Å². The summed E-state index contributed by atoms with van der Waals surface area (Å²) in [5.41, 5.74) is 3.07. The third kappa shape index (κ3) is 3.63. The molecule has 2 saturated heterocycles. The Hall–Kier alpha value is -2.77. The number of fused-ring (bicyclic) bond motifs is 1. The van der Waals surface area contributed by atoms with Gasteiger partial charge in [-0.05, 0) is 49.0 Å². The number of ether oxygens (including phenoxy) is 1. The monoisotopic (exact) mass is 391 g/mol. The van der Waals surface area contributed by atoms with Crippen molar-refractivity contribution in [2.45, 2.75) is 25.0 Å². The number of aromatic nitrogens is 3. The largest absolute Gasteiger partial charge is 0.367 e. The molecular formula is C22H25N5O2. The Balaban J connectivity index is 1.34. The van der Waals surface area contributed by atoms with Gasteiger partial charge in [0.25, 0.3) is 0 Å². The van der Waals surface area contributed by atoms with E-state index in [9.17, 15) is 4.79 Å². The molecule has 0 saturated carbocycles. The van der Waals surface area contributed by atoms with Gasteiger partial charge in [0.05, 0.1) is 24.5 Å². The van der Waals surface area contributed by atoms with Crippen LogP contribution >= 0.6 is 0 Å². The predicted molar refractivity (Wildman–Crippen MR) is 110 cm³/mol. The standard InChI is InChI=1S/C22H25N5O2/c1-27-12-18(11-25-27)15-2-3-16-10-24-19(9-17(16)8-15)21-20(13-29-21)26-22(28)14-4-6-23-7-5-14/h2-3,8-12,14,20-21,23H,4-7,13H2,1H3,(H,26,28). The van der Waals surface area contributed by atoms with E-state index in [2.05, 4.69) is 45.0 Å². The Bertz CT molecular complexity index is 1040. The van der Waals surface area contributed by atoms with Crippen molar-refractivity contribution in [3.63, 3.8) is 0 Å². The van der Waals surface area contributed by atoms with E-state index in [0.29, 0.717) is 6.61 Å². The third-order valence-corrected chi connectivity index (χ3v) is 5.93. The molecular weight excluding hydrogens is 366 g/mol. The van der Waals surface area contributed by atoms with Crippen LogP contribution in [0.15, 0.2) is 42.9 Å². The number of pyridine rings is 1. The van der Waals surface area contributed by atoms with Crippen LogP contribution in [-0.2, 0) is 16.6 Å². The molecule has 2 unspecified atom stereocenters. The highest BCUT2D eigenvalue weighted by Crippen LogP contribution is 2.32. The summed E-state index contributed by atoms with van der Waals surface area (Å²) in [6.45, 7) is 2.36. The molecule has 0 spiro atoms. The summed E-state index contributed by atoms with van der Waals surface area (Å²) < 4.78 is 7.58. The fourth-order valence-corrected chi connectivity index (χ4v) is 4.15. The van der Waals surface area contributed by atoms with Crippen LogP contribution in [0.3, 0.4) is 0 Å². The van der Waals surface area contributed by atoms with Crippen LogP contribution in [-0.4, -0.2) is 46.4 Å². The molecule has 7 heteroatoms. The van der Waals surface area contributed by atoms with E-state index >= 15 is 0 Å². The Morgan fingerprint density at radius 3 is 2.76 bits per heavy atom. The SMILES string of the molecule is Cn1cc(-c2ccc3cnc(C4OCC4NC(=O)C4CCNCC4)cc3c2)cn1. The molecule has 2 atom stereocenters. The minimum absolute atomic E-state index is 0.0103. The van der Waals surface area contributed by atoms with Crippen molar-refractivity contribution >= 4 is 16.7 Å². The second-order valence-corrected chi connectivity index (χ2v) is 7.97. The van der Waals surface area contributed by atoms with E-state index < -0.39 is 0 Å². The second kappa shape index (κ2) is 7.57. The number of rotatable bonds is 4. The molecule has 2 N–H and O–H groups in total. The van der Waals surface area contributed by atoms with Crippen LogP contribution in [0.25, 0.3) is 21.9 Å². The summed E-state index contributed by atoms with van der Waals surface area (Å²) in [6.07, 6.45) is 7.36. The zero-order valence-corrected chi connectivity index (χ0v) is 16.5. The van der Waals surface area contributed by atoms with Crippen LogP contribution in [0.2, 0.25) is 0 Å². The molecule has 2 aliphatic heterocycles. The summed E-state index contributed by atoms with van der Waals surface area (Å²) in [5, 5.41) is 12.9. The van der Waals surface area contributed by atoms with Gasteiger partial charge in [0, 0.05) is 36.3 Å². The first-order chi connectivity index (χ1) is 14.2. The number of nitrogens with one attached hydrogen (secondary N) is 2. The summed E-state index contributed by atoms with van der Waals surface area (Å²) >= 11 is 0. The van der Waals surface area contributed by atoms with Crippen LogP contribution in [0.1, 0.15) is 24.6 Å². The van der Waals surface area contributed by atoms with Crippen LogP contribution in [0, 0.1) is 5.92 Å². The van der Waals surface area contributed by atoms with Gasteiger partial charge < -0.3 is 15.4 Å². The molecule has 0 radical (unpaired) electrons. The number of carbonyl (C=O) groups is 1. The summed E-state index contributed by atoms with van der Waals surface area (Å²) in [5.74, 6) is 0.244. The normalized spacial score (nSPS) is 22.4. The topological polar surface area (TPSA) is 81.1 Å². The quantitative estimate of drug-likeness (QED) is 0.713. The van der Waals surface area contributed by atoms with Crippen molar-refractivity contribution in [3.8, 4) is 11.1 Å². The van der Waals surface area contributed by atoms with Crippen molar-refractivity contribution in [2.24, 2.45) is 13.0 Å². The summed E-state index contributed by atoms with van der Waals surface area (Å²) in [6, 6.07) is 8.38. The van der Waals surface area contributed by atoms with Crippen molar-refractivity contribution in [3.05, 3.63) is 48.5 Å². The van der Waals surface area contributed by atoms with E-state index in [1.54, 1.807) is 4.68 Å². The van der Waals surface area contributed by atoms with Crippen molar-refractivity contribution in [1.29, 1.82) is 0 Å². The lowest BCUT2D eigenvalue weighted by Crippen LogP contribution is -2.53. The molecule has 2 aromatic heterocycles. The number of nitrogens with zero attached hydrogens (tertiary/aromatic N) is 3. The molecule has 2 fully saturated rings. The first-order valence-corrected chi connectivity index (χ1v) is 10.2. The molecule has 29 heavy (non-hydrogen) atoms. The number of benzene rings is 1. The van der Waals surface area contributed by atoms with E-state index in [1.165, 1.54) is 0 Å². The number of piperidine rings is 1. The van der Waals surface area contributed by atoms with Gasteiger partial charge in [-0.1, -0.05) is 12.1 Å². The third-order valence-electron chi connectivity index (χ3n) is 5.93. The highest BCUT2D eigenvalue weighted by atomic mass is 16.5. The first kappa shape index (κ1) is 18.3. The van der Waals surface area contributed by atoms with E-state index in [4.69, 9.17) is 4.74 Å². The van der Waals surface area contributed by atoms with Gasteiger partial charge in [0.2, 0.25) is 5.91 Å². The van der Waals surface area contributed by atoms with Crippen LogP contribution in [0.4, 0.5) is 0 Å². The molecule has 3 aromatic rings. The molecule has 1 amide bonds. The summed E-state index contributed by atoms with van der Waals surface area (Å²) in [7, 11) is 1.92. The minimum Gasteiger partial charge on any atom is -0.367 e. The Morgan fingerprint density at radius 1 is 1.17 bits per heavy atom. The summed E-state index contributed by atoms with van der Waals surface area (Å²) in [4.78, 5) is 17.2. The lowest BCUT2D eigenvalue weighted by molar-refractivity contribution is -0.137. The number of hydrogen-bond donors (Lipinski definition) is 2. The first-order valence-electron chi connectivity index (χ1n) is 10.2. The smallest absolute Gasteiger partial charge is 0.223 e. The molecule has 0 aliphatic carbocycles. The highest BCUT2D eigenvalue weighted by molar-refractivity contribution is 5.87. The van der Waals surface area contributed by atoms with Gasteiger partial charge in [-0.25, -0.2) is 0 Å². The average Bonchev–Trinajstić information content (AvgIpc) is 3.17. The van der Waals surface area contributed by atoms with Crippen molar-refractivity contribution in [2.75, 3.05) is 19.7 Å². The molecule has 1 aromatic carbocycles. The molecule has 0 bridgehead atoms. The average molecular weight is 391 g/mol. The van der Waals surface area contributed by atoms with Gasteiger partial charge >= 0.3 is 0 Å².